The van der Waals surface area contributed by atoms with Crippen molar-refractivity contribution in [2.45, 2.75) is 62.1 Å². The summed E-state index contributed by atoms with van der Waals surface area (Å²) in [6.45, 7) is 9.50. The number of hydrogen-bond acceptors (Lipinski definition) is 5. The van der Waals surface area contributed by atoms with Crippen molar-refractivity contribution in [3.63, 3.8) is 0 Å². The first kappa shape index (κ1) is 26.0. The number of amides is 2. The van der Waals surface area contributed by atoms with E-state index in [1.165, 1.54) is 16.7 Å². The Hall–Kier alpha value is -2.03. The lowest BCUT2D eigenvalue weighted by Crippen LogP contribution is -2.59. The van der Waals surface area contributed by atoms with Gasteiger partial charge in [-0.25, -0.2) is 0 Å². The molecule has 3 fully saturated rings. The van der Waals surface area contributed by atoms with Crippen LogP contribution in [-0.2, 0) is 14.4 Å². The number of rotatable bonds is 9. The summed E-state index contributed by atoms with van der Waals surface area (Å²) in [6, 6.07) is 3.91. The van der Waals surface area contributed by atoms with Crippen molar-refractivity contribution < 1.29 is 24.6 Å². The van der Waals surface area contributed by atoms with Crippen LogP contribution >= 0.6 is 23.4 Å². The number of carbonyl (C=O) groups excluding carboxylic acids is 2. The number of carboxylic acid groups (broad SMARTS) is 1. The van der Waals surface area contributed by atoms with Gasteiger partial charge in [0.25, 0.3) is 5.91 Å². The fraction of sp³-hybridized carbons (Fsp3) is 0.577. The van der Waals surface area contributed by atoms with Crippen molar-refractivity contribution in [2.75, 3.05) is 18.1 Å². The maximum Gasteiger partial charge on any atom is 0.308 e. The highest BCUT2D eigenvalue weighted by atomic mass is 35.5. The Labute approximate surface area is 215 Å². The summed E-state index contributed by atoms with van der Waals surface area (Å²) in [7, 11) is 0. The highest BCUT2D eigenvalue weighted by Crippen LogP contribution is 2.67. The highest BCUT2D eigenvalue weighted by Gasteiger charge is 2.74. The molecule has 0 radical (unpaired) electrons. The van der Waals surface area contributed by atoms with Crippen molar-refractivity contribution >= 4 is 46.8 Å². The van der Waals surface area contributed by atoms with Gasteiger partial charge >= 0.3 is 5.97 Å². The first-order valence-corrected chi connectivity index (χ1v) is 13.4. The standard InChI is InChI=1S/C26H33ClN2O5S/c1-5-12-28(21-15(4)8-7-9-16(21)27)24(32)22-26-11-10-18(35-26)19(25(33)34)20(26)23(31)29(22)17(13-30)14(3)6-2/h5,7-9,14,17-20,22,30H,1,6,10-13H2,2-4H3,(H,33,34)/t14-,17-,18+,19-,20-,22?,26?/m0/s1. The van der Waals surface area contributed by atoms with Crippen LogP contribution in [0.5, 0.6) is 0 Å². The minimum Gasteiger partial charge on any atom is -0.481 e. The molecular formula is C26H33ClN2O5S. The second-order valence-corrected chi connectivity index (χ2v) is 11.9. The molecule has 9 heteroatoms. The SMILES string of the molecule is C=CCN(C(=O)C1N([C@@H](CO)[C@@H](C)CC)C(=O)[C@@H]2[C@@H](C(=O)O)[C@H]3CCC12S3)c1c(C)cccc1Cl. The second kappa shape index (κ2) is 9.79. The Morgan fingerprint density at radius 3 is 2.71 bits per heavy atom. The number of aliphatic hydroxyl groups is 1. The number of anilines is 1. The van der Waals surface area contributed by atoms with Crippen LogP contribution in [0.15, 0.2) is 30.9 Å². The summed E-state index contributed by atoms with van der Waals surface area (Å²) in [5.41, 5.74) is 1.37. The van der Waals surface area contributed by atoms with Gasteiger partial charge in [-0.3, -0.25) is 14.4 Å². The van der Waals surface area contributed by atoms with Gasteiger partial charge < -0.3 is 20.0 Å². The number of thioether (sulfide) groups is 1. The molecule has 2 N–H and O–H groups in total. The molecule has 0 aliphatic carbocycles. The zero-order valence-corrected chi connectivity index (χ0v) is 21.9. The predicted molar refractivity (Wildman–Crippen MR) is 138 cm³/mol. The van der Waals surface area contributed by atoms with E-state index in [0.29, 0.717) is 30.0 Å². The number of hydrogen-bond donors (Lipinski definition) is 2. The van der Waals surface area contributed by atoms with E-state index in [9.17, 15) is 24.6 Å². The summed E-state index contributed by atoms with van der Waals surface area (Å²) >= 11 is 8.04. The van der Waals surface area contributed by atoms with E-state index in [0.717, 1.165) is 5.56 Å². The number of benzene rings is 1. The molecule has 190 valence electrons. The third kappa shape index (κ3) is 3.89. The van der Waals surface area contributed by atoms with Crippen molar-refractivity contribution in [3.05, 3.63) is 41.4 Å². The molecule has 0 aromatic heterocycles. The molecule has 2 bridgehead atoms. The van der Waals surface area contributed by atoms with Crippen molar-refractivity contribution in [1.82, 2.24) is 4.90 Å². The van der Waals surface area contributed by atoms with E-state index < -0.39 is 34.6 Å². The molecule has 4 rings (SSSR count). The number of likely N-dealkylation sites (tertiary alicyclic amines) is 1. The van der Waals surface area contributed by atoms with Gasteiger partial charge in [0.1, 0.15) is 6.04 Å². The van der Waals surface area contributed by atoms with Crippen LogP contribution in [0, 0.1) is 24.7 Å². The first-order chi connectivity index (χ1) is 16.6. The quantitative estimate of drug-likeness (QED) is 0.481. The van der Waals surface area contributed by atoms with E-state index in [4.69, 9.17) is 11.6 Å². The average Bonchev–Trinajstić information content (AvgIpc) is 3.46. The molecule has 2 unspecified atom stereocenters. The molecule has 1 aromatic carbocycles. The number of carbonyl (C=O) groups is 3. The minimum atomic E-state index is -0.996. The van der Waals surface area contributed by atoms with Gasteiger partial charge in [-0.1, -0.05) is 50.1 Å². The molecule has 7 atom stereocenters. The van der Waals surface area contributed by atoms with Gasteiger partial charge in [0.05, 0.1) is 39.9 Å². The van der Waals surface area contributed by atoms with Gasteiger partial charge in [-0.15, -0.1) is 18.3 Å². The van der Waals surface area contributed by atoms with E-state index >= 15 is 0 Å². The van der Waals surface area contributed by atoms with Crippen LogP contribution in [0.2, 0.25) is 5.02 Å². The fourth-order valence-electron chi connectivity index (χ4n) is 6.36. The van der Waals surface area contributed by atoms with E-state index in [2.05, 4.69) is 6.58 Å². The molecule has 3 aliphatic heterocycles. The molecule has 2 amide bonds. The van der Waals surface area contributed by atoms with Gasteiger partial charge in [0.15, 0.2) is 0 Å². The van der Waals surface area contributed by atoms with Crippen LogP contribution in [0.1, 0.15) is 38.7 Å². The summed E-state index contributed by atoms with van der Waals surface area (Å²) in [5.74, 6) is -3.35. The third-order valence-electron chi connectivity index (χ3n) is 8.14. The van der Waals surface area contributed by atoms with E-state index in [-0.39, 0.29) is 36.1 Å². The minimum absolute atomic E-state index is 0.0742. The maximum absolute atomic E-state index is 14.5. The Balaban J connectivity index is 1.88. The number of halogens is 1. The van der Waals surface area contributed by atoms with Crippen LogP contribution < -0.4 is 4.90 Å². The molecule has 1 aromatic rings. The monoisotopic (exact) mass is 520 g/mol. The summed E-state index contributed by atoms with van der Waals surface area (Å²) in [4.78, 5) is 43.9. The van der Waals surface area contributed by atoms with Crippen molar-refractivity contribution in [3.8, 4) is 0 Å². The zero-order chi connectivity index (χ0) is 25.7. The molecule has 3 heterocycles. The normalized spacial score (nSPS) is 30.8. The van der Waals surface area contributed by atoms with Crippen LogP contribution in [0.25, 0.3) is 0 Å². The molecule has 1 spiro atoms. The lowest BCUT2D eigenvalue weighted by Gasteiger charge is -2.41. The zero-order valence-electron chi connectivity index (χ0n) is 20.3. The Morgan fingerprint density at radius 2 is 2.14 bits per heavy atom. The second-order valence-electron chi connectivity index (χ2n) is 9.92. The van der Waals surface area contributed by atoms with Crippen LogP contribution in [-0.4, -0.2) is 68.1 Å². The number of nitrogens with zero attached hydrogens (tertiary/aromatic N) is 2. The number of para-hydroxylation sites is 1. The third-order valence-corrected chi connectivity index (χ3v) is 10.4. The number of aliphatic hydroxyl groups excluding tert-OH is 1. The van der Waals surface area contributed by atoms with Crippen molar-refractivity contribution in [1.29, 1.82) is 0 Å². The van der Waals surface area contributed by atoms with Crippen LogP contribution in [0.3, 0.4) is 0 Å². The molecule has 7 nitrogen and oxygen atoms in total. The van der Waals surface area contributed by atoms with Gasteiger partial charge in [-0.05, 0) is 37.3 Å². The predicted octanol–water partition coefficient (Wildman–Crippen LogP) is 3.75. The average molecular weight is 521 g/mol. The largest absolute Gasteiger partial charge is 0.481 e. The molecule has 3 aliphatic rings. The van der Waals surface area contributed by atoms with Gasteiger partial charge in [0, 0.05) is 11.8 Å². The van der Waals surface area contributed by atoms with E-state index in [1.807, 2.05) is 32.9 Å². The summed E-state index contributed by atoms with van der Waals surface area (Å²) < 4.78 is -0.850. The van der Waals surface area contributed by atoms with E-state index in [1.54, 1.807) is 17.0 Å². The summed E-state index contributed by atoms with van der Waals surface area (Å²) in [6.07, 6.45) is 3.54. The lowest BCUT2D eigenvalue weighted by atomic mass is 9.71. The topological polar surface area (TPSA) is 98.2 Å². The number of aliphatic carboxylic acids is 1. The number of aryl methyl sites for hydroxylation is 1. The fourth-order valence-corrected chi connectivity index (χ4v) is 8.87. The number of fused-ring (bicyclic) bond motifs is 1. The summed E-state index contributed by atoms with van der Waals surface area (Å²) in [5, 5.41) is 20.6. The van der Waals surface area contributed by atoms with Crippen LogP contribution in [0.4, 0.5) is 5.69 Å². The van der Waals surface area contributed by atoms with Gasteiger partial charge in [-0.2, -0.15) is 0 Å². The Bertz CT molecular complexity index is 1030. The molecule has 3 saturated heterocycles. The Morgan fingerprint density at radius 1 is 1.43 bits per heavy atom. The molecular weight excluding hydrogens is 488 g/mol. The van der Waals surface area contributed by atoms with Gasteiger partial charge in [0.2, 0.25) is 5.91 Å². The van der Waals surface area contributed by atoms with Crippen molar-refractivity contribution in [2.24, 2.45) is 17.8 Å². The number of carboxylic acids is 1. The molecule has 35 heavy (non-hydrogen) atoms. The smallest absolute Gasteiger partial charge is 0.308 e. The maximum atomic E-state index is 14.5. The molecule has 0 saturated carbocycles. The Kier molecular flexibility index (Phi) is 7.28. The highest BCUT2D eigenvalue weighted by molar-refractivity contribution is 8.02. The lowest BCUT2D eigenvalue weighted by molar-refractivity contribution is -0.149. The first-order valence-electron chi connectivity index (χ1n) is 12.2.